The van der Waals surface area contributed by atoms with Gasteiger partial charge in [0.25, 0.3) is 0 Å². The van der Waals surface area contributed by atoms with Gasteiger partial charge in [0.1, 0.15) is 0 Å². The van der Waals surface area contributed by atoms with Crippen LogP contribution in [0.15, 0.2) is 0 Å². The van der Waals surface area contributed by atoms with Crippen LogP contribution in [-0.2, 0) is 10.0 Å². The third-order valence-corrected chi connectivity index (χ3v) is 6.93. The second-order valence-electron chi connectivity index (χ2n) is 4.68. The van der Waals surface area contributed by atoms with Gasteiger partial charge in [0, 0.05) is 17.0 Å². The van der Waals surface area contributed by atoms with E-state index in [0.29, 0.717) is 15.3 Å². The third-order valence-electron chi connectivity index (χ3n) is 3.93. The molecule has 0 aromatic rings. The van der Waals surface area contributed by atoms with Crippen molar-refractivity contribution in [3.05, 3.63) is 0 Å². The second-order valence-corrected chi connectivity index (χ2v) is 8.17. The molecule has 0 aromatic heterocycles. The van der Waals surface area contributed by atoms with Crippen LogP contribution in [0.4, 0.5) is 0 Å². The van der Waals surface area contributed by atoms with Gasteiger partial charge >= 0.3 is 0 Å². The first-order chi connectivity index (χ1) is 6.36. The molecule has 1 saturated carbocycles. The highest BCUT2D eigenvalue weighted by molar-refractivity contribution is 14.1. The third kappa shape index (κ3) is 1.51. The number of nitrogens with zero attached hydrogens (tertiary/aromatic N) is 1. The molecule has 0 N–H and O–H groups in total. The minimum atomic E-state index is -2.97. The van der Waals surface area contributed by atoms with Gasteiger partial charge in [-0.1, -0.05) is 29.5 Å². The van der Waals surface area contributed by atoms with Crippen LogP contribution in [0.1, 0.15) is 19.8 Å². The molecule has 82 valence electrons. The van der Waals surface area contributed by atoms with Crippen LogP contribution in [0.5, 0.6) is 0 Å². The molecule has 1 aliphatic heterocycles. The van der Waals surface area contributed by atoms with Gasteiger partial charge in [0.2, 0.25) is 10.0 Å². The highest BCUT2D eigenvalue weighted by Crippen LogP contribution is 2.56. The molecule has 1 saturated heterocycles. The quantitative estimate of drug-likeness (QED) is 0.540. The Morgan fingerprint density at radius 1 is 1.50 bits per heavy atom. The molecule has 0 radical (unpaired) electrons. The van der Waals surface area contributed by atoms with E-state index in [1.165, 1.54) is 12.7 Å². The maximum atomic E-state index is 11.4. The molecule has 0 bridgehead atoms. The van der Waals surface area contributed by atoms with E-state index in [1.54, 1.807) is 4.31 Å². The van der Waals surface area contributed by atoms with Crippen molar-refractivity contribution in [2.45, 2.75) is 23.7 Å². The summed E-state index contributed by atoms with van der Waals surface area (Å²) in [4.78, 5) is 0. The van der Waals surface area contributed by atoms with Gasteiger partial charge in [-0.15, -0.1) is 0 Å². The average molecular weight is 329 g/mol. The fourth-order valence-electron chi connectivity index (χ4n) is 2.69. The number of sulfonamides is 1. The highest BCUT2D eigenvalue weighted by Gasteiger charge is 2.55. The van der Waals surface area contributed by atoms with Gasteiger partial charge in [-0.05, 0) is 24.2 Å². The van der Waals surface area contributed by atoms with E-state index in [1.807, 2.05) is 0 Å². The first-order valence-electron chi connectivity index (χ1n) is 4.95. The van der Waals surface area contributed by atoms with E-state index in [-0.39, 0.29) is 0 Å². The van der Waals surface area contributed by atoms with Crippen LogP contribution in [0.3, 0.4) is 0 Å². The average Bonchev–Trinajstić information content (AvgIpc) is 2.50. The maximum Gasteiger partial charge on any atom is 0.211 e. The molecule has 2 rings (SSSR count). The number of hydrogen-bond donors (Lipinski definition) is 0. The second kappa shape index (κ2) is 3.31. The topological polar surface area (TPSA) is 37.4 Å². The van der Waals surface area contributed by atoms with Crippen molar-refractivity contribution < 1.29 is 8.42 Å². The fraction of sp³-hybridized carbons (Fsp3) is 1.00. The lowest BCUT2D eigenvalue weighted by Gasteiger charge is -2.50. The Labute approximate surface area is 99.4 Å². The van der Waals surface area contributed by atoms with Crippen LogP contribution in [0.25, 0.3) is 0 Å². The molecule has 0 amide bonds. The van der Waals surface area contributed by atoms with Gasteiger partial charge in [-0.3, -0.25) is 0 Å². The van der Waals surface area contributed by atoms with Gasteiger partial charge in [0.15, 0.2) is 0 Å². The molecule has 1 aliphatic carbocycles. The maximum absolute atomic E-state index is 11.4. The molecule has 0 aromatic carbocycles. The van der Waals surface area contributed by atoms with Crippen molar-refractivity contribution >= 4 is 32.6 Å². The van der Waals surface area contributed by atoms with Crippen molar-refractivity contribution in [2.75, 3.05) is 19.3 Å². The predicted octanol–water partition coefficient (Wildman–Crippen LogP) is 1.48. The molecular formula is C9H16INO2S. The Hall–Kier alpha value is 0.640. The van der Waals surface area contributed by atoms with Gasteiger partial charge in [0.05, 0.1) is 6.26 Å². The molecule has 1 spiro atoms. The van der Waals surface area contributed by atoms with Crippen molar-refractivity contribution in [3.63, 3.8) is 0 Å². The van der Waals surface area contributed by atoms with Crippen molar-refractivity contribution in [3.8, 4) is 0 Å². The van der Waals surface area contributed by atoms with E-state index in [2.05, 4.69) is 29.5 Å². The van der Waals surface area contributed by atoms with Gasteiger partial charge in [-0.25, -0.2) is 12.7 Å². The Kier molecular flexibility index (Phi) is 2.64. The van der Waals surface area contributed by atoms with Crippen LogP contribution < -0.4 is 0 Å². The lowest BCUT2D eigenvalue weighted by Crippen LogP contribution is -2.50. The Morgan fingerprint density at radius 2 is 2.14 bits per heavy atom. The Morgan fingerprint density at radius 3 is 2.43 bits per heavy atom. The zero-order valence-electron chi connectivity index (χ0n) is 8.53. The van der Waals surface area contributed by atoms with E-state index < -0.39 is 10.0 Å². The van der Waals surface area contributed by atoms with Crippen LogP contribution in [0, 0.1) is 11.3 Å². The fourth-order valence-corrected chi connectivity index (χ4v) is 5.47. The summed E-state index contributed by atoms with van der Waals surface area (Å²) in [7, 11) is -2.97. The summed E-state index contributed by atoms with van der Waals surface area (Å²) in [6, 6.07) is 0. The molecule has 3 nitrogen and oxygen atoms in total. The number of rotatable bonds is 1. The lowest BCUT2D eigenvalue weighted by molar-refractivity contribution is 0.0824. The lowest BCUT2D eigenvalue weighted by atomic mass is 9.60. The SMILES string of the molecule is CC1CC(I)C12CCN(S(C)(=O)=O)C2. The molecule has 14 heavy (non-hydrogen) atoms. The summed E-state index contributed by atoms with van der Waals surface area (Å²) in [6.07, 6.45) is 3.62. The number of hydrogen-bond acceptors (Lipinski definition) is 2. The highest BCUT2D eigenvalue weighted by atomic mass is 127. The number of halogens is 1. The van der Waals surface area contributed by atoms with Crippen LogP contribution >= 0.6 is 22.6 Å². The monoisotopic (exact) mass is 329 g/mol. The van der Waals surface area contributed by atoms with Gasteiger partial charge < -0.3 is 0 Å². The first-order valence-corrected chi connectivity index (χ1v) is 8.05. The molecule has 1 heterocycles. The summed E-state index contributed by atoms with van der Waals surface area (Å²) < 4.78 is 25.1. The van der Waals surface area contributed by atoms with Crippen molar-refractivity contribution in [1.82, 2.24) is 4.31 Å². The summed E-state index contributed by atoms with van der Waals surface area (Å²) >= 11 is 2.48. The smallest absolute Gasteiger partial charge is 0.211 e. The summed E-state index contributed by atoms with van der Waals surface area (Å²) in [5.41, 5.74) is 0.295. The molecular weight excluding hydrogens is 313 g/mol. The zero-order chi connectivity index (χ0) is 10.6. The van der Waals surface area contributed by atoms with Crippen molar-refractivity contribution in [2.24, 2.45) is 11.3 Å². The van der Waals surface area contributed by atoms with Crippen LogP contribution in [-0.4, -0.2) is 36.0 Å². The molecule has 2 fully saturated rings. The largest absolute Gasteiger partial charge is 0.213 e. The minimum absolute atomic E-state index is 0.295. The summed E-state index contributed by atoms with van der Waals surface area (Å²) in [6.45, 7) is 3.73. The van der Waals surface area contributed by atoms with E-state index >= 15 is 0 Å². The first kappa shape index (κ1) is 11.1. The predicted molar refractivity (Wildman–Crippen MR) is 65.1 cm³/mol. The van der Waals surface area contributed by atoms with Crippen LogP contribution in [0.2, 0.25) is 0 Å². The zero-order valence-corrected chi connectivity index (χ0v) is 11.5. The normalized spacial score (nSPS) is 44.2. The van der Waals surface area contributed by atoms with E-state index in [4.69, 9.17) is 0 Å². The summed E-state index contributed by atoms with van der Waals surface area (Å²) in [5.74, 6) is 0.691. The summed E-state index contributed by atoms with van der Waals surface area (Å²) in [5, 5.41) is 0. The van der Waals surface area contributed by atoms with Gasteiger partial charge in [-0.2, -0.15) is 0 Å². The molecule has 5 heteroatoms. The Bertz CT molecular complexity index is 333. The van der Waals surface area contributed by atoms with Crippen molar-refractivity contribution in [1.29, 1.82) is 0 Å². The standard InChI is InChI=1S/C9H16INO2S/c1-7-5-8(10)9(7)3-4-11(6-9)14(2,12)13/h7-8H,3-6H2,1-2H3. The minimum Gasteiger partial charge on any atom is -0.213 e. The molecule has 2 aliphatic rings. The molecule has 3 unspecified atom stereocenters. The Balaban J connectivity index is 2.15. The van der Waals surface area contributed by atoms with E-state index in [9.17, 15) is 8.42 Å². The number of alkyl halides is 1. The molecule has 3 atom stereocenters. The van der Waals surface area contributed by atoms with E-state index in [0.717, 1.165) is 19.5 Å².